The summed E-state index contributed by atoms with van der Waals surface area (Å²) in [4.78, 5) is 21.2. The van der Waals surface area contributed by atoms with Gasteiger partial charge >= 0.3 is 0 Å². The second-order valence-corrected chi connectivity index (χ2v) is 9.87. The summed E-state index contributed by atoms with van der Waals surface area (Å²) in [6.07, 6.45) is 2.58. The lowest BCUT2D eigenvalue weighted by molar-refractivity contribution is 0.0952. The number of sulfone groups is 1. The number of nitrogens with zero attached hydrogens (tertiary/aromatic N) is 2. The molecule has 3 aromatic rings. The lowest BCUT2D eigenvalue weighted by atomic mass is 10.0. The fourth-order valence-electron chi connectivity index (χ4n) is 3.11. The van der Waals surface area contributed by atoms with Gasteiger partial charge in [0.25, 0.3) is 5.91 Å². The van der Waals surface area contributed by atoms with Crippen LogP contribution in [0.15, 0.2) is 53.7 Å². The van der Waals surface area contributed by atoms with Gasteiger partial charge in [-0.1, -0.05) is 53.5 Å². The van der Waals surface area contributed by atoms with E-state index in [1.165, 1.54) is 5.56 Å². The predicted octanol–water partition coefficient (Wildman–Crippen LogP) is 4.52. The van der Waals surface area contributed by atoms with Gasteiger partial charge in [0.15, 0.2) is 0 Å². The number of rotatable bonds is 7. The largest absolute Gasteiger partial charge is 0.352 e. The first kappa shape index (κ1) is 23.2. The maximum atomic E-state index is 13.0. The van der Waals surface area contributed by atoms with Gasteiger partial charge in [-0.25, -0.2) is 18.4 Å². The summed E-state index contributed by atoms with van der Waals surface area (Å²) in [7, 11) is -3.69. The average molecular weight is 478 g/mol. The van der Waals surface area contributed by atoms with Crippen LogP contribution in [0, 0.1) is 6.92 Å². The minimum atomic E-state index is -3.69. The van der Waals surface area contributed by atoms with Crippen LogP contribution in [0.3, 0.4) is 0 Å². The summed E-state index contributed by atoms with van der Waals surface area (Å²) >= 11 is 12.2. The number of carbonyl (C=O) groups is 1. The van der Waals surface area contributed by atoms with Crippen LogP contribution in [0.1, 0.15) is 28.0 Å². The van der Waals surface area contributed by atoms with Crippen molar-refractivity contribution in [3.05, 3.63) is 75.4 Å². The summed E-state index contributed by atoms with van der Waals surface area (Å²) in [5.41, 5.74) is 2.22. The zero-order valence-corrected chi connectivity index (χ0v) is 19.4. The lowest BCUT2D eigenvalue weighted by Gasteiger charge is -2.14. The molecule has 0 spiro atoms. The standard InChI is InChI=1S/C22H21Cl2N3O3S/c1-14-19(21(28)25-10-6-9-15-7-4-3-5-8-15)20(27-22(26-14)31(2,29)30)16-11-17(23)13-18(24)12-16/h3-5,7-8,11-13H,6,9-10H2,1-2H3,(H,25,28). The Balaban J connectivity index is 1.91. The Morgan fingerprint density at radius 2 is 1.68 bits per heavy atom. The number of halogens is 2. The summed E-state index contributed by atoms with van der Waals surface area (Å²) < 4.78 is 24.1. The van der Waals surface area contributed by atoms with E-state index in [0.29, 0.717) is 22.2 Å². The van der Waals surface area contributed by atoms with E-state index in [-0.39, 0.29) is 22.1 Å². The van der Waals surface area contributed by atoms with Crippen molar-refractivity contribution in [2.45, 2.75) is 24.9 Å². The van der Waals surface area contributed by atoms with Gasteiger partial charge in [0.1, 0.15) is 0 Å². The molecule has 1 heterocycles. The van der Waals surface area contributed by atoms with Crippen LogP contribution in [0.25, 0.3) is 11.3 Å². The second-order valence-electron chi connectivity index (χ2n) is 7.09. The number of nitrogens with one attached hydrogen (secondary N) is 1. The van der Waals surface area contributed by atoms with Crippen LogP contribution in [-0.2, 0) is 16.3 Å². The topological polar surface area (TPSA) is 89.0 Å². The molecular formula is C22H21Cl2N3O3S. The monoisotopic (exact) mass is 477 g/mol. The highest BCUT2D eigenvalue weighted by Crippen LogP contribution is 2.30. The first-order valence-electron chi connectivity index (χ1n) is 9.52. The van der Waals surface area contributed by atoms with Crippen molar-refractivity contribution in [3.63, 3.8) is 0 Å². The highest BCUT2D eigenvalue weighted by molar-refractivity contribution is 7.90. The molecule has 0 radical (unpaired) electrons. The van der Waals surface area contributed by atoms with Crippen molar-refractivity contribution in [1.82, 2.24) is 15.3 Å². The first-order chi connectivity index (χ1) is 14.6. The summed E-state index contributed by atoms with van der Waals surface area (Å²) in [5, 5.41) is 3.19. The molecule has 0 unspecified atom stereocenters. The Morgan fingerprint density at radius 1 is 1.03 bits per heavy atom. The Kier molecular flexibility index (Phi) is 7.30. The van der Waals surface area contributed by atoms with E-state index >= 15 is 0 Å². The van der Waals surface area contributed by atoms with Gasteiger partial charge in [-0.15, -0.1) is 0 Å². The summed E-state index contributed by atoms with van der Waals surface area (Å²) in [6.45, 7) is 2.02. The highest BCUT2D eigenvalue weighted by atomic mass is 35.5. The zero-order chi connectivity index (χ0) is 22.6. The van der Waals surface area contributed by atoms with Crippen molar-refractivity contribution < 1.29 is 13.2 Å². The molecule has 9 heteroatoms. The van der Waals surface area contributed by atoms with Crippen LogP contribution in [0.2, 0.25) is 10.0 Å². The number of aromatic nitrogens is 2. The number of aryl methyl sites for hydroxylation is 2. The van der Waals surface area contributed by atoms with Gasteiger partial charge < -0.3 is 5.32 Å². The number of amides is 1. The number of hydrogen-bond acceptors (Lipinski definition) is 5. The molecule has 1 amide bonds. The third-order valence-corrected chi connectivity index (χ3v) is 5.82. The minimum Gasteiger partial charge on any atom is -0.352 e. The van der Waals surface area contributed by atoms with Gasteiger partial charge in [-0.3, -0.25) is 4.79 Å². The summed E-state index contributed by atoms with van der Waals surface area (Å²) in [5.74, 6) is -0.392. The van der Waals surface area contributed by atoms with E-state index in [1.54, 1.807) is 25.1 Å². The maximum absolute atomic E-state index is 13.0. The molecule has 31 heavy (non-hydrogen) atoms. The smallest absolute Gasteiger partial charge is 0.255 e. The third kappa shape index (κ3) is 6.03. The first-order valence-corrected chi connectivity index (χ1v) is 12.2. The Labute approximate surface area is 191 Å². The van der Waals surface area contributed by atoms with Gasteiger partial charge in [0.05, 0.1) is 17.0 Å². The second kappa shape index (κ2) is 9.77. The molecule has 0 saturated heterocycles. The molecule has 1 N–H and O–H groups in total. The van der Waals surface area contributed by atoms with Crippen LogP contribution in [0.5, 0.6) is 0 Å². The molecule has 0 aliphatic carbocycles. The van der Waals surface area contributed by atoms with E-state index in [0.717, 1.165) is 19.1 Å². The molecule has 0 bridgehead atoms. The Hall–Kier alpha value is -2.48. The Morgan fingerprint density at radius 3 is 2.29 bits per heavy atom. The normalized spacial score (nSPS) is 11.4. The summed E-state index contributed by atoms with van der Waals surface area (Å²) in [6, 6.07) is 14.7. The molecular weight excluding hydrogens is 457 g/mol. The molecule has 0 aliphatic heterocycles. The molecule has 1 aromatic heterocycles. The molecule has 0 atom stereocenters. The molecule has 6 nitrogen and oxygen atoms in total. The minimum absolute atomic E-state index is 0.165. The van der Waals surface area contributed by atoms with Crippen molar-refractivity contribution in [3.8, 4) is 11.3 Å². The van der Waals surface area contributed by atoms with Gasteiger partial charge in [-0.2, -0.15) is 0 Å². The van der Waals surface area contributed by atoms with E-state index in [4.69, 9.17) is 23.2 Å². The molecule has 162 valence electrons. The van der Waals surface area contributed by atoms with Gasteiger partial charge in [0.2, 0.25) is 15.0 Å². The van der Waals surface area contributed by atoms with Crippen LogP contribution >= 0.6 is 23.2 Å². The van der Waals surface area contributed by atoms with Gasteiger partial charge in [-0.05, 0) is 43.5 Å². The molecule has 0 aliphatic rings. The SMILES string of the molecule is Cc1nc(S(C)(=O)=O)nc(-c2cc(Cl)cc(Cl)c2)c1C(=O)NCCCc1ccccc1. The molecule has 0 fully saturated rings. The molecule has 2 aromatic carbocycles. The van der Waals surface area contributed by atoms with Crippen LogP contribution < -0.4 is 5.32 Å². The van der Waals surface area contributed by atoms with Crippen molar-refractivity contribution in [1.29, 1.82) is 0 Å². The van der Waals surface area contributed by atoms with E-state index in [9.17, 15) is 13.2 Å². The van der Waals surface area contributed by atoms with E-state index in [1.807, 2.05) is 30.3 Å². The zero-order valence-electron chi connectivity index (χ0n) is 17.0. The fourth-order valence-corrected chi connectivity index (χ4v) is 4.20. The molecule has 3 rings (SSSR count). The van der Waals surface area contributed by atoms with E-state index < -0.39 is 15.7 Å². The number of benzene rings is 2. The number of carbonyl (C=O) groups excluding carboxylic acids is 1. The van der Waals surface area contributed by atoms with Crippen molar-refractivity contribution >= 4 is 38.9 Å². The number of hydrogen-bond donors (Lipinski definition) is 1. The van der Waals surface area contributed by atoms with Crippen LogP contribution in [0.4, 0.5) is 0 Å². The van der Waals surface area contributed by atoms with Crippen molar-refractivity contribution in [2.75, 3.05) is 12.8 Å². The van der Waals surface area contributed by atoms with Crippen molar-refractivity contribution in [2.24, 2.45) is 0 Å². The van der Waals surface area contributed by atoms with E-state index in [2.05, 4.69) is 15.3 Å². The Bertz CT molecular complexity index is 1200. The van der Waals surface area contributed by atoms with Crippen LogP contribution in [-0.4, -0.2) is 37.1 Å². The quantitative estimate of drug-likeness (QED) is 0.398. The highest BCUT2D eigenvalue weighted by Gasteiger charge is 2.23. The van der Waals surface area contributed by atoms with Gasteiger partial charge in [0, 0.05) is 28.4 Å². The lowest BCUT2D eigenvalue weighted by Crippen LogP contribution is -2.27. The maximum Gasteiger partial charge on any atom is 0.255 e. The third-order valence-electron chi connectivity index (χ3n) is 4.53. The molecule has 0 saturated carbocycles. The fraction of sp³-hybridized carbons (Fsp3) is 0.227. The average Bonchev–Trinajstić information content (AvgIpc) is 2.70. The predicted molar refractivity (Wildman–Crippen MR) is 122 cm³/mol.